The lowest BCUT2D eigenvalue weighted by Crippen LogP contribution is -2.30. The third-order valence-corrected chi connectivity index (χ3v) is 16.6. The zero-order valence-electron chi connectivity index (χ0n) is 54.8. The molecule has 0 aliphatic heterocycles. The molecule has 0 fully saturated rings. The normalized spacial score (nSPS) is 12.2. The van der Waals surface area contributed by atoms with Crippen molar-refractivity contribution in [1.29, 1.82) is 0 Å². The standard InChI is InChI=1S/C75H140O6/c1-4-7-10-13-16-19-22-25-28-31-34-36-37-39-41-44-47-50-53-56-59-62-65-68-74(77)80-71-72(70-79-73(76)67-64-61-58-55-52-49-46-43-40-33-30-27-24-21-18-15-12-9-6-3)81-75(78)69-66-63-60-57-54-51-48-45-42-38-35-32-29-26-23-20-17-14-11-8-5-2/h22,25,31,34,37,39,72H,4-21,23-24,26-30,32-33,35-36,38,40-71H2,1-3H3/b25-22-,34-31-,39-37-. The van der Waals surface area contributed by atoms with Crippen molar-refractivity contribution in [3.05, 3.63) is 36.5 Å². The fourth-order valence-electron chi connectivity index (χ4n) is 11.2. The van der Waals surface area contributed by atoms with Crippen molar-refractivity contribution >= 4 is 17.9 Å². The highest BCUT2D eigenvalue weighted by molar-refractivity contribution is 5.71. The van der Waals surface area contributed by atoms with Gasteiger partial charge in [-0.25, -0.2) is 0 Å². The van der Waals surface area contributed by atoms with Gasteiger partial charge in [-0.05, 0) is 57.8 Å². The molecule has 0 amide bonds. The van der Waals surface area contributed by atoms with Crippen LogP contribution in [0.4, 0.5) is 0 Å². The maximum atomic E-state index is 13.0. The van der Waals surface area contributed by atoms with Crippen molar-refractivity contribution in [2.75, 3.05) is 13.2 Å². The summed E-state index contributed by atoms with van der Waals surface area (Å²) in [7, 11) is 0. The molecule has 0 saturated carbocycles. The van der Waals surface area contributed by atoms with Crippen molar-refractivity contribution in [1.82, 2.24) is 0 Å². The molecule has 0 aliphatic rings. The number of hydrogen-bond acceptors (Lipinski definition) is 6. The Kier molecular flexibility index (Phi) is 68.1. The molecule has 0 aromatic heterocycles. The fraction of sp³-hybridized carbons (Fsp3) is 0.880. The number of ether oxygens (including phenoxy) is 3. The molecule has 81 heavy (non-hydrogen) atoms. The summed E-state index contributed by atoms with van der Waals surface area (Å²) in [6.45, 7) is 6.71. The molecule has 0 rings (SSSR count). The number of rotatable bonds is 68. The number of carbonyl (C=O) groups excluding carboxylic acids is 3. The third kappa shape index (κ3) is 68.3. The quantitative estimate of drug-likeness (QED) is 0.0261. The summed E-state index contributed by atoms with van der Waals surface area (Å²) in [5.74, 6) is -0.841. The molecule has 1 unspecified atom stereocenters. The monoisotopic (exact) mass is 1140 g/mol. The fourth-order valence-corrected chi connectivity index (χ4v) is 11.2. The Bertz CT molecular complexity index is 1350. The van der Waals surface area contributed by atoms with Crippen LogP contribution in [0.25, 0.3) is 0 Å². The number of carbonyl (C=O) groups is 3. The molecule has 0 N–H and O–H groups in total. The van der Waals surface area contributed by atoms with Gasteiger partial charge in [0.2, 0.25) is 0 Å². The van der Waals surface area contributed by atoms with Crippen LogP contribution in [0.1, 0.15) is 406 Å². The molecule has 0 bridgehead atoms. The van der Waals surface area contributed by atoms with Gasteiger partial charge in [0.1, 0.15) is 13.2 Å². The van der Waals surface area contributed by atoms with Crippen LogP contribution in [-0.4, -0.2) is 37.2 Å². The summed E-state index contributed by atoms with van der Waals surface area (Å²) in [6, 6.07) is 0. The Morgan fingerprint density at radius 3 is 0.691 bits per heavy atom. The van der Waals surface area contributed by atoms with E-state index in [9.17, 15) is 14.4 Å². The summed E-state index contributed by atoms with van der Waals surface area (Å²) >= 11 is 0. The predicted molar refractivity (Wildman–Crippen MR) is 353 cm³/mol. The summed E-state index contributed by atoms with van der Waals surface area (Å²) < 4.78 is 17.0. The molecule has 0 spiro atoms. The topological polar surface area (TPSA) is 78.9 Å². The van der Waals surface area contributed by atoms with Gasteiger partial charge in [-0.1, -0.05) is 365 Å². The molecule has 0 heterocycles. The van der Waals surface area contributed by atoms with Crippen LogP contribution in [0.3, 0.4) is 0 Å². The third-order valence-electron chi connectivity index (χ3n) is 16.6. The highest BCUT2D eigenvalue weighted by Gasteiger charge is 2.19. The first-order valence-corrected chi connectivity index (χ1v) is 36.5. The van der Waals surface area contributed by atoms with Gasteiger partial charge >= 0.3 is 17.9 Å². The highest BCUT2D eigenvalue weighted by Crippen LogP contribution is 2.19. The molecule has 0 aromatic rings. The lowest BCUT2D eigenvalue weighted by Gasteiger charge is -2.18. The zero-order valence-corrected chi connectivity index (χ0v) is 54.8. The van der Waals surface area contributed by atoms with Crippen LogP contribution in [0.5, 0.6) is 0 Å². The molecule has 6 nitrogen and oxygen atoms in total. The Morgan fingerprint density at radius 2 is 0.444 bits per heavy atom. The maximum Gasteiger partial charge on any atom is 0.306 e. The van der Waals surface area contributed by atoms with E-state index in [1.165, 1.54) is 289 Å². The first-order chi connectivity index (χ1) is 40.0. The van der Waals surface area contributed by atoms with Crippen LogP contribution in [0, 0.1) is 0 Å². The molecule has 0 saturated heterocycles. The van der Waals surface area contributed by atoms with Crippen molar-refractivity contribution in [2.24, 2.45) is 0 Å². The van der Waals surface area contributed by atoms with Gasteiger partial charge in [-0.3, -0.25) is 14.4 Å². The minimum Gasteiger partial charge on any atom is -0.462 e. The molecule has 0 aliphatic carbocycles. The lowest BCUT2D eigenvalue weighted by molar-refractivity contribution is -0.167. The first-order valence-electron chi connectivity index (χ1n) is 36.5. The van der Waals surface area contributed by atoms with Crippen LogP contribution in [-0.2, 0) is 28.6 Å². The molecule has 1 atom stereocenters. The number of allylic oxidation sites excluding steroid dienone is 6. The minimum absolute atomic E-state index is 0.0681. The SMILES string of the molecule is CCCCCCC/C=C\C/C=C\C/C=C\CCCCCCCCCCC(=O)OCC(COC(=O)CCCCCCCCCCCCCCCCCCCCC)OC(=O)CCCCCCCCCCCCCCCCCCCCCCC. The second-order valence-electron chi connectivity index (χ2n) is 24.9. The van der Waals surface area contributed by atoms with Crippen LogP contribution >= 0.6 is 0 Å². The van der Waals surface area contributed by atoms with Gasteiger partial charge in [0.25, 0.3) is 0 Å². The Morgan fingerprint density at radius 1 is 0.247 bits per heavy atom. The highest BCUT2D eigenvalue weighted by atomic mass is 16.6. The van der Waals surface area contributed by atoms with Gasteiger partial charge in [-0.15, -0.1) is 0 Å². The van der Waals surface area contributed by atoms with Crippen molar-refractivity contribution < 1.29 is 28.6 Å². The van der Waals surface area contributed by atoms with E-state index in [-0.39, 0.29) is 31.1 Å². The van der Waals surface area contributed by atoms with Gasteiger partial charge in [0.15, 0.2) is 6.10 Å². The summed E-state index contributed by atoms with van der Waals surface area (Å²) in [4.78, 5) is 38.5. The number of esters is 3. The zero-order chi connectivity index (χ0) is 58.5. The molecule has 476 valence electrons. The van der Waals surface area contributed by atoms with E-state index in [4.69, 9.17) is 14.2 Å². The minimum atomic E-state index is -0.773. The average Bonchev–Trinajstić information content (AvgIpc) is 3.47. The van der Waals surface area contributed by atoms with E-state index in [1.54, 1.807) is 0 Å². The van der Waals surface area contributed by atoms with Crippen molar-refractivity contribution in [3.63, 3.8) is 0 Å². The maximum absolute atomic E-state index is 13.0. The second-order valence-corrected chi connectivity index (χ2v) is 24.9. The molecule has 0 aromatic carbocycles. The Balaban J connectivity index is 4.32. The van der Waals surface area contributed by atoms with Gasteiger partial charge < -0.3 is 14.2 Å². The van der Waals surface area contributed by atoms with E-state index >= 15 is 0 Å². The van der Waals surface area contributed by atoms with E-state index in [1.807, 2.05) is 0 Å². The smallest absolute Gasteiger partial charge is 0.306 e. The van der Waals surface area contributed by atoms with Gasteiger partial charge in [0.05, 0.1) is 0 Å². The Hall–Kier alpha value is -2.37. The Labute approximate surface area is 506 Å². The van der Waals surface area contributed by atoms with E-state index in [0.29, 0.717) is 19.3 Å². The van der Waals surface area contributed by atoms with Crippen LogP contribution < -0.4 is 0 Å². The largest absolute Gasteiger partial charge is 0.462 e. The van der Waals surface area contributed by atoms with Crippen molar-refractivity contribution in [3.8, 4) is 0 Å². The summed E-state index contributed by atoms with van der Waals surface area (Å²) in [5.41, 5.74) is 0. The molecular weight excluding hydrogens is 997 g/mol. The number of unbranched alkanes of at least 4 members (excludes halogenated alkanes) is 51. The predicted octanol–water partition coefficient (Wildman–Crippen LogP) is 25.1. The second kappa shape index (κ2) is 70.1. The lowest BCUT2D eigenvalue weighted by atomic mass is 10.0. The molecule has 6 heteroatoms. The van der Waals surface area contributed by atoms with E-state index < -0.39 is 6.10 Å². The van der Waals surface area contributed by atoms with Crippen LogP contribution in [0.2, 0.25) is 0 Å². The summed E-state index contributed by atoms with van der Waals surface area (Å²) in [6.07, 6.45) is 87.4. The first kappa shape index (κ1) is 78.6. The van der Waals surface area contributed by atoms with Crippen molar-refractivity contribution in [2.45, 2.75) is 412 Å². The van der Waals surface area contributed by atoms with Crippen LogP contribution in [0.15, 0.2) is 36.5 Å². The molecule has 0 radical (unpaired) electrons. The van der Waals surface area contributed by atoms with E-state index in [2.05, 4.69) is 57.2 Å². The number of hydrogen-bond donors (Lipinski definition) is 0. The summed E-state index contributed by atoms with van der Waals surface area (Å²) in [5, 5.41) is 0. The average molecular weight is 1140 g/mol. The van der Waals surface area contributed by atoms with Gasteiger partial charge in [0, 0.05) is 19.3 Å². The van der Waals surface area contributed by atoms with E-state index in [0.717, 1.165) is 77.0 Å². The van der Waals surface area contributed by atoms with Gasteiger partial charge in [-0.2, -0.15) is 0 Å². The molecular formula is C75H140O6.